The topological polar surface area (TPSA) is 118 Å². The second-order valence-corrected chi connectivity index (χ2v) is 10.8. The minimum atomic E-state index is -4.79. The van der Waals surface area contributed by atoms with Crippen molar-refractivity contribution in [2.24, 2.45) is 5.92 Å². The smallest absolute Gasteiger partial charge is 0.744 e. The molecule has 4 aromatic rings. The van der Waals surface area contributed by atoms with Crippen molar-refractivity contribution in [1.29, 1.82) is 0 Å². The molecule has 0 aliphatic carbocycles. The Kier molecular flexibility index (Phi) is 9.14. The molecule has 0 bridgehead atoms. The zero-order valence-corrected chi connectivity index (χ0v) is 24.5. The van der Waals surface area contributed by atoms with Crippen LogP contribution >= 0.6 is 0 Å². The molecule has 7 nitrogen and oxygen atoms in total. The van der Waals surface area contributed by atoms with E-state index in [9.17, 15) is 32.4 Å². The summed E-state index contributed by atoms with van der Waals surface area (Å²) in [5.41, 5.74) is 3.42. The molecule has 1 aliphatic rings. The Hall–Kier alpha value is -3.05. The fourth-order valence-corrected chi connectivity index (χ4v) is 5.61. The summed E-state index contributed by atoms with van der Waals surface area (Å²) in [5, 5.41) is 20.7. The van der Waals surface area contributed by atoms with Gasteiger partial charge in [-0.3, -0.25) is 4.79 Å². The number of phenols is 1. The SMILES string of the molecule is O=C1[C@H](CC[C@H](O)c2ccc(F)cc2)[C@@H](c2ccc(-c3ccc(S(=O)(=O)[O-])c(O)c3)cc2)N1c1ccccc1.[Na+]. The third-order valence-corrected chi connectivity index (χ3v) is 7.95. The van der Waals surface area contributed by atoms with E-state index in [1.54, 1.807) is 17.0 Å². The van der Waals surface area contributed by atoms with Crippen LogP contribution in [0, 0.1) is 11.7 Å². The molecular weight excluding hydrogens is 544 g/mol. The summed E-state index contributed by atoms with van der Waals surface area (Å²) in [7, 11) is -4.79. The van der Waals surface area contributed by atoms with Gasteiger partial charge in [0.1, 0.15) is 21.7 Å². The number of phenolic OH excluding ortho intramolecular Hbond substituents is 1. The number of carbonyl (C=O) groups excluding carboxylic acids is 1. The summed E-state index contributed by atoms with van der Waals surface area (Å²) in [5.74, 6) is -1.44. The molecule has 1 saturated heterocycles. The number of para-hydroxylation sites is 1. The number of carbonyl (C=O) groups is 1. The largest absolute Gasteiger partial charge is 1.00 e. The molecule has 0 radical (unpaired) electrons. The van der Waals surface area contributed by atoms with Crippen LogP contribution in [0.1, 0.15) is 36.1 Å². The number of nitrogens with zero attached hydrogens (tertiary/aromatic N) is 1. The Morgan fingerprint density at radius 3 is 2.12 bits per heavy atom. The molecule has 2 N–H and O–H groups in total. The number of aliphatic hydroxyl groups excluding tert-OH is 1. The van der Waals surface area contributed by atoms with Crippen LogP contribution in [0.15, 0.2) is 102 Å². The van der Waals surface area contributed by atoms with Gasteiger partial charge in [-0.25, -0.2) is 12.8 Å². The first-order valence-corrected chi connectivity index (χ1v) is 13.8. The Balaban J connectivity index is 0.00000370. The molecule has 1 heterocycles. The predicted molar refractivity (Wildman–Crippen MR) is 142 cm³/mol. The number of hydrogen-bond donors (Lipinski definition) is 2. The normalized spacial score (nSPS) is 17.6. The van der Waals surface area contributed by atoms with Gasteiger partial charge in [0.2, 0.25) is 5.91 Å². The summed E-state index contributed by atoms with van der Waals surface area (Å²) in [6, 6.07) is 25.7. The third-order valence-electron chi connectivity index (χ3n) is 7.07. The summed E-state index contributed by atoms with van der Waals surface area (Å²) in [6.45, 7) is 0. The molecule has 10 heteroatoms. The number of rotatable bonds is 8. The summed E-state index contributed by atoms with van der Waals surface area (Å²) < 4.78 is 47.1. The van der Waals surface area contributed by atoms with Gasteiger partial charge in [0.15, 0.2) is 0 Å². The molecule has 3 atom stereocenters. The van der Waals surface area contributed by atoms with Crippen LogP contribution in [-0.4, -0.2) is 29.1 Å². The number of anilines is 1. The predicted octanol–water partition coefficient (Wildman–Crippen LogP) is 2.32. The first kappa shape index (κ1) is 29.9. The van der Waals surface area contributed by atoms with Crippen molar-refractivity contribution in [3.8, 4) is 16.9 Å². The molecule has 4 aromatic carbocycles. The molecular formula is C30H25FNNaO6S. The van der Waals surface area contributed by atoms with Crippen LogP contribution in [0.4, 0.5) is 10.1 Å². The molecule has 1 amide bonds. The number of β-lactam (4-membered cyclic amide) rings is 1. The minimum Gasteiger partial charge on any atom is -0.744 e. The summed E-state index contributed by atoms with van der Waals surface area (Å²) in [6.07, 6.45) is -0.0830. The van der Waals surface area contributed by atoms with Gasteiger partial charge in [-0.2, -0.15) is 0 Å². The van der Waals surface area contributed by atoms with E-state index in [1.165, 1.54) is 36.4 Å². The molecule has 1 aliphatic heterocycles. The molecule has 0 aromatic heterocycles. The van der Waals surface area contributed by atoms with Gasteiger partial charge in [-0.15, -0.1) is 0 Å². The average Bonchev–Trinajstić information content (AvgIpc) is 2.92. The van der Waals surface area contributed by atoms with Crippen LogP contribution in [0.5, 0.6) is 5.75 Å². The molecule has 40 heavy (non-hydrogen) atoms. The van der Waals surface area contributed by atoms with Crippen molar-refractivity contribution < 1.29 is 61.9 Å². The quantitative estimate of drug-likeness (QED) is 0.191. The minimum absolute atomic E-state index is 0. The van der Waals surface area contributed by atoms with Gasteiger partial charge in [0, 0.05) is 5.69 Å². The zero-order chi connectivity index (χ0) is 27.7. The maximum absolute atomic E-state index is 13.3. The standard InChI is InChI=1S/C30H26FNO6S.Na/c31-23-13-10-20(11-14-23)26(33)16-15-25-29(32(30(25)35)24-4-2-1-3-5-24)21-8-6-19(7-9-21)22-12-17-28(27(34)18-22)39(36,37)38;/h1-14,17-18,25-26,29,33-34H,15-16H2,(H,36,37,38);/q;+1/p-1/t25-,26+,29-;/m1./s1. The Labute approximate surface area is 254 Å². The van der Waals surface area contributed by atoms with E-state index in [-0.39, 0.29) is 53.2 Å². The van der Waals surface area contributed by atoms with Gasteiger partial charge in [-0.05, 0) is 71.5 Å². The van der Waals surface area contributed by atoms with Crippen LogP contribution in [-0.2, 0) is 14.9 Å². The van der Waals surface area contributed by atoms with Crippen molar-refractivity contribution >= 4 is 21.7 Å². The van der Waals surface area contributed by atoms with E-state index in [2.05, 4.69) is 0 Å². The molecule has 0 unspecified atom stereocenters. The van der Waals surface area contributed by atoms with Crippen LogP contribution < -0.4 is 34.5 Å². The van der Waals surface area contributed by atoms with Crippen LogP contribution in [0.25, 0.3) is 11.1 Å². The number of amides is 1. The first-order valence-electron chi connectivity index (χ1n) is 12.3. The number of aromatic hydroxyl groups is 1. The van der Waals surface area contributed by atoms with E-state index in [1.807, 2.05) is 42.5 Å². The van der Waals surface area contributed by atoms with E-state index in [0.717, 1.165) is 17.3 Å². The second kappa shape index (κ2) is 12.2. The fraction of sp³-hybridized carbons (Fsp3) is 0.167. The van der Waals surface area contributed by atoms with Gasteiger partial charge in [0.25, 0.3) is 0 Å². The number of hydrogen-bond acceptors (Lipinski definition) is 6. The second-order valence-electron chi connectivity index (χ2n) is 9.50. The van der Waals surface area contributed by atoms with E-state index in [4.69, 9.17) is 0 Å². The van der Waals surface area contributed by atoms with E-state index in [0.29, 0.717) is 29.5 Å². The Morgan fingerprint density at radius 1 is 0.900 bits per heavy atom. The van der Waals surface area contributed by atoms with E-state index >= 15 is 0 Å². The van der Waals surface area contributed by atoms with Gasteiger partial charge < -0.3 is 19.7 Å². The van der Waals surface area contributed by atoms with Crippen molar-refractivity contribution in [3.63, 3.8) is 0 Å². The molecule has 5 rings (SSSR count). The monoisotopic (exact) mass is 569 g/mol. The molecule has 0 saturated carbocycles. The van der Waals surface area contributed by atoms with Gasteiger partial charge >= 0.3 is 29.6 Å². The van der Waals surface area contributed by atoms with Crippen LogP contribution in [0.2, 0.25) is 0 Å². The number of benzene rings is 4. The van der Waals surface area contributed by atoms with Crippen molar-refractivity contribution in [2.75, 3.05) is 4.90 Å². The number of halogens is 1. The number of aliphatic hydroxyl groups is 1. The molecule has 200 valence electrons. The Bertz CT molecular complexity index is 1600. The maximum atomic E-state index is 13.3. The zero-order valence-electron chi connectivity index (χ0n) is 21.6. The summed E-state index contributed by atoms with van der Waals surface area (Å²) in [4.78, 5) is 14.3. The van der Waals surface area contributed by atoms with Crippen molar-refractivity contribution in [2.45, 2.75) is 29.9 Å². The van der Waals surface area contributed by atoms with Crippen LogP contribution in [0.3, 0.4) is 0 Å². The average molecular weight is 570 g/mol. The first-order chi connectivity index (χ1) is 18.6. The van der Waals surface area contributed by atoms with E-state index < -0.39 is 26.9 Å². The molecule has 0 spiro atoms. The molecule has 1 fully saturated rings. The maximum Gasteiger partial charge on any atom is 1.00 e. The van der Waals surface area contributed by atoms with Crippen molar-refractivity contribution in [1.82, 2.24) is 0 Å². The Morgan fingerprint density at radius 2 is 1.52 bits per heavy atom. The fourth-order valence-electron chi connectivity index (χ4n) is 5.06. The third kappa shape index (κ3) is 6.15. The summed E-state index contributed by atoms with van der Waals surface area (Å²) >= 11 is 0. The van der Waals surface area contributed by atoms with Gasteiger partial charge in [0.05, 0.1) is 23.0 Å². The van der Waals surface area contributed by atoms with Crippen molar-refractivity contribution in [3.05, 3.63) is 114 Å². The van der Waals surface area contributed by atoms with Gasteiger partial charge in [-0.1, -0.05) is 60.7 Å².